The maximum Gasteiger partial charge on any atom is 0.341 e. The molecule has 1 saturated carbocycles. The molecule has 0 spiro atoms. The highest BCUT2D eigenvalue weighted by molar-refractivity contribution is 6.34. The van der Waals surface area contributed by atoms with E-state index in [4.69, 9.17) is 27.2 Å². The molecule has 10 heteroatoms. The number of carbonyl (C=O) groups excluding carboxylic acids is 1. The number of nitrogens with one attached hydrogen (secondary N) is 2. The molecule has 2 aliphatic rings. The third kappa shape index (κ3) is 3.54. The van der Waals surface area contributed by atoms with Gasteiger partial charge >= 0.3 is 5.97 Å². The number of hydrogen-bond acceptors (Lipinski definition) is 6. The monoisotopic (exact) mass is 453 g/mol. The second kappa shape index (κ2) is 7.83. The highest BCUT2D eigenvalue weighted by Crippen LogP contribution is 2.46. The summed E-state index contributed by atoms with van der Waals surface area (Å²) >= 11 is 6.47. The number of halogens is 1. The van der Waals surface area contributed by atoms with Crippen LogP contribution in [0.25, 0.3) is 22.6 Å². The van der Waals surface area contributed by atoms with Gasteiger partial charge in [-0.3, -0.25) is 4.79 Å². The summed E-state index contributed by atoms with van der Waals surface area (Å²) in [5, 5.41) is 12.6. The zero-order valence-corrected chi connectivity index (χ0v) is 17.5. The molecule has 2 bridgehead atoms. The molecule has 164 valence electrons. The number of carboxylic acid groups (broad SMARTS) is 1. The number of pyridine rings is 1. The summed E-state index contributed by atoms with van der Waals surface area (Å²) in [4.78, 5) is 35.0. The standard InChI is InChI=1S/C22H20ClN5O4/c23-14-8-25-22-19(18(14)26-17-11-5-4-10(6-11)16(17)20(24)31)27-21(28-22)12-2-1-3-13(7-12)32-9-15(29)30/h1-5,7-8,10-11,16-17H,6,9H2,(H2,24,31)(H,29,30)(H2,25,26,27,28)/t10-,11-,16-,17-/m1/s1. The number of carbonyl (C=O) groups is 2. The Hall–Kier alpha value is -3.59. The minimum Gasteiger partial charge on any atom is -0.482 e. The number of H-pyrrole nitrogens is 1. The van der Waals surface area contributed by atoms with E-state index in [1.54, 1.807) is 18.2 Å². The van der Waals surface area contributed by atoms with Crippen molar-refractivity contribution in [3.63, 3.8) is 0 Å². The molecule has 5 N–H and O–H groups in total. The molecule has 5 rings (SSSR count). The summed E-state index contributed by atoms with van der Waals surface area (Å²) in [6.45, 7) is -0.437. The average molecular weight is 454 g/mol. The van der Waals surface area contributed by atoms with Crippen LogP contribution in [0.4, 0.5) is 5.69 Å². The normalized spacial score (nSPS) is 23.5. The van der Waals surface area contributed by atoms with Crippen LogP contribution < -0.4 is 15.8 Å². The van der Waals surface area contributed by atoms with Crippen LogP contribution in [0.3, 0.4) is 0 Å². The summed E-state index contributed by atoms with van der Waals surface area (Å²) in [6, 6.07) is 6.77. The van der Waals surface area contributed by atoms with Crippen molar-refractivity contribution in [3.05, 3.63) is 47.6 Å². The number of rotatable bonds is 7. The molecule has 1 fully saturated rings. The van der Waals surface area contributed by atoms with Crippen molar-refractivity contribution < 1.29 is 19.4 Å². The van der Waals surface area contributed by atoms with Crippen LogP contribution in [0.2, 0.25) is 5.02 Å². The largest absolute Gasteiger partial charge is 0.482 e. The van der Waals surface area contributed by atoms with E-state index >= 15 is 0 Å². The molecule has 0 unspecified atom stereocenters. The maximum atomic E-state index is 12.1. The van der Waals surface area contributed by atoms with E-state index in [9.17, 15) is 9.59 Å². The molecule has 2 heterocycles. The number of carboxylic acids is 1. The Labute approximate surface area is 187 Å². The quantitative estimate of drug-likeness (QED) is 0.402. The van der Waals surface area contributed by atoms with Crippen molar-refractivity contribution in [1.82, 2.24) is 15.0 Å². The minimum absolute atomic E-state index is 0.134. The number of primary amides is 1. The van der Waals surface area contributed by atoms with Gasteiger partial charge in [-0.15, -0.1) is 0 Å². The number of imidazole rings is 1. The SMILES string of the molecule is NC(=O)[C@H]1[C@H](Nc2c(Cl)cnc3[nH]c(-c4cccc(OCC(=O)O)c4)nc23)[C@@H]2C=C[C@@H]1C2. The van der Waals surface area contributed by atoms with Crippen molar-refractivity contribution in [1.29, 1.82) is 0 Å². The Morgan fingerprint density at radius 2 is 2.12 bits per heavy atom. The topological polar surface area (TPSA) is 143 Å². The zero-order chi connectivity index (χ0) is 22.4. The van der Waals surface area contributed by atoms with E-state index < -0.39 is 12.6 Å². The molecule has 3 aromatic rings. The smallest absolute Gasteiger partial charge is 0.341 e. The van der Waals surface area contributed by atoms with E-state index in [1.165, 1.54) is 6.20 Å². The van der Waals surface area contributed by atoms with E-state index in [0.717, 1.165) is 6.42 Å². The Balaban J connectivity index is 1.49. The number of anilines is 1. The van der Waals surface area contributed by atoms with Gasteiger partial charge in [0.05, 0.1) is 22.8 Å². The lowest BCUT2D eigenvalue weighted by Crippen LogP contribution is -2.41. The zero-order valence-electron chi connectivity index (χ0n) is 16.8. The van der Waals surface area contributed by atoms with Gasteiger partial charge in [0.15, 0.2) is 12.3 Å². The molecular formula is C22H20ClN5O4. The molecule has 0 aliphatic heterocycles. The lowest BCUT2D eigenvalue weighted by molar-refractivity contribution is -0.139. The Kier molecular flexibility index (Phi) is 4.97. The van der Waals surface area contributed by atoms with Crippen molar-refractivity contribution in [2.45, 2.75) is 12.5 Å². The molecule has 9 nitrogen and oxygen atoms in total. The summed E-state index contributed by atoms with van der Waals surface area (Å²) in [7, 11) is 0. The Bertz CT molecular complexity index is 1260. The van der Waals surface area contributed by atoms with Crippen LogP contribution in [0, 0.1) is 17.8 Å². The van der Waals surface area contributed by atoms with Gasteiger partial charge < -0.3 is 25.9 Å². The highest BCUT2D eigenvalue weighted by Gasteiger charge is 2.47. The van der Waals surface area contributed by atoms with Gasteiger partial charge in [-0.05, 0) is 30.4 Å². The number of aromatic nitrogens is 3. The second-order valence-electron chi connectivity index (χ2n) is 8.02. The first-order valence-corrected chi connectivity index (χ1v) is 10.5. The molecule has 0 radical (unpaired) electrons. The van der Waals surface area contributed by atoms with Gasteiger partial charge in [0.25, 0.3) is 0 Å². The molecule has 1 amide bonds. The minimum atomic E-state index is -1.06. The maximum absolute atomic E-state index is 12.1. The van der Waals surface area contributed by atoms with Crippen LogP contribution in [0.5, 0.6) is 5.75 Å². The molecule has 2 aromatic heterocycles. The number of hydrogen-bond donors (Lipinski definition) is 4. The highest BCUT2D eigenvalue weighted by atomic mass is 35.5. The number of aliphatic carboxylic acids is 1. The summed E-state index contributed by atoms with van der Waals surface area (Å²) < 4.78 is 5.26. The van der Waals surface area contributed by atoms with Crippen molar-refractivity contribution in [3.8, 4) is 17.1 Å². The first-order chi connectivity index (χ1) is 15.4. The molecule has 4 atom stereocenters. The number of aromatic amines is 1. The number of allylic oxidation sites excluding steroid dienone is 1. The Morgan fingerprint density at radius 1 is 1.31 bits per heavy atom. The number of fused-ring (bicyclic) bond motifs is 3. The lowest BCUT2D eigenvalue weighted by atomic mass is 9.88. The lowest BCUT2D eigenvalue weighted by Gasteiger charge is -2.27. The van der Waals surface area contributed by atoms with Crippen LogP contribution in [0.1, 0.15) is 6.42 Å². The molecule has 2 aliphatic carbocycles. The van der Waals surface area contributed by atoms with Crippen LogP contribution >= 0.6 is 11.6 Å². The van der Waals surface area contributed by atoms with Gasteiger partial charge in [-0.1, -0.05) is 35.9 Å². The first-order valence-electron chi connectivity index (χ1n) is 10.1. The van der Waals surface area contributed by atoms with E-state index in [1.807, 2.05) is 6.07 Å². The third-order valence-corrected chi connectivity index (χ3v) is 6.32. The third-order valence-electron chi connectivity index (χ3n) is 6.04. The van der Waals surface area contributed by atoms with Gasteiger partial charge in [-0.2, -0.15) is 0 Å². The van der Waals surface area contributed by atoms with Gasteiger partial charge in [-0.25, -0.2) is 14.8 Å². The second-order valence-corrected chi connectivity index (χ2v) is 8.43. The van der Waals surface area contributed by atoms with E-state index in [-0.39, 0.29) is 29.7 Å². The van der Waals surface area contributed by atoms with Crippen LogP contribution in [-0.4, -0.2) is 44.6 Å². The fourth-order valence-electron chi connectivity index (χ4n) is 4.66. The predicted octanol–water partition coefficient (Wildman–Crippen LogP) is 2.83. The average Bonchev–Trinajstić information content (AvgIpc) is 3.49. The van der Waals surface area contributed by atoms with Gasteiger partial charge in [0, 0.05) is 11.6 Å². The van der Waals surface area contributed by atoms with Gasteiger partial charge in [0.2, 0.25) is 5.91 Å². The molecule has 32 heavy (non-hydrogen) atoms. The number of nitrogens with zero attached hydrogens (tertiary/aromatic N) is 2. The summed E-state index contributed by atoms with van der Waals surface area (Å²) in [5.41, 5.74) is 8.05. The summed E-state index contributed by atoms with van der Waals surface area (Å²) in [6.07, 6.45) is 6.59. The fourth-order valence-corrected chi connectivity index (χ4v) is 4.85. The molecule has 1 aromatic carbocycles. The van der Waals surface area contributed by atoms with E-state index in [2.05, 4.69) is 32.4 Å². The summed E-state index contributed by atoms with van der Waals surface area (Å²) in [5.74, 6) is -0.441. The fraction of sp³-hybridized carbons (Fsp3) is 0.273. The van der Waals surface area contributed by atoms with Gasteiger partial charge in [0.1, 0.15) is 17.1 Å². The number of nitrogens with two attached hydrogens (primary N) is 1. The van der Waals surface area contributed by atoms with Crippen molar-refractivity contribution in [2.24, 2.45) is 23.5 Å². The van der Waals surface area contributed by atoms with Crippen LogP contribution in [-0.2, 0) is 9.59 Å². The number of benzene rings is 1. The van der Waals surface area contributed by atoms with Crippen LogP contribution in [0.15, 0.2) is 42.6 Å². The first kappa shape index (κ1) is 20.3. The number of amides is 1. The molecular weight excluding hydrogens is 434 g/mol. The van der Waals surface area contributed by atoms with Crippen molar-refractivity contribution in [2.75, 3.05) is 11.9 Å². The van der Waals surface area contributed by atoms with Crippen molar-refractivity contribution >= 4 is 40.3 Å². The molecule has 0 saturated heterocycles. The Morgan fingerprint density at radius 3 is 2.91 bits per heavy atom. The predicted molar refractivity (Wildman–Crippen MR) is 118 cm³/mol. The van der Waals surface area contributed by atoms with E-state index in [0.29, 0.717) is 39.0 Å². The number of ether oxygens (including phenoxy) is 1.